The monoisotopic (exact) mass is 260 g/mol. The van der Waals surface area contributed by atoms with E-state index in [2.05, 4.69) is 4.98 Å². The predicted molar refractivity (Wildman–Crippen MR) is 69.9 cm³/mol. The van der Waals surface area contributed by atoms with Crippen LogP contribution in [0.15, 0.2) is 36.7 Å². The van der Waals surface area contributed by atoms with Crippen LogP contribution in [0, 0.1) is 0 Å². The molecule has 4 nitrogen and oxygen atoms in total. The van der Waals surface area contributed by atoms with Crippen LogP contribution in [0.1, 0.15) is 16.1 Å². The smallest absolute Gasteiger partial charge is 0.194 e. The van der Waals surface area contributed by atoms with Crippen molar-refractivity contribution in [3.05, 3.63) is 52.8 Å². The summed E-state index contributed by atoms with van der Waals surface area (Å²) >= 11 is 1.59. The number of hydrogen-bond donors (Lipinski definition) is 2. The maximum atomic E-state index is 9.43. The van der Waals surface area contributed by atoms with Crippen molar-refractivity contribution >= 4 is 16.3 Å². The molecule has 2 N–H and O–H groups in total. The molecule has 0 aliphatic carbocycles. The zero-order valence-corrected chi connectivity index (χ0v) is 10.4. The summed E-state index contributed by atoms with van der Waals surface area (Å²) in [5, 5.41) is 18.6. The third kappa shape index (κ3) is 1.98. The Hall–Kier alpha value is -1.85. The van der Waals surface area contributed by atoms with E-state index in [0.29, 0.717) is 0 Å². The first-order valence-corrected chi connectivity index (χ1v) is 6.41. The van der Waals surface area contributed by atoms with E-state index in [1.165, 1.54) is 0 Å². The summed E-state index contributed by atoms with van der Waals surface area (Å²) in [6.07, 6.45) is 4.43. The third-order valence-corrected chi connectivity index (χ3v) is 3.78. The average Bonchev–Trinajstić information content (AvgIpc) is 2.88. The Bertz CT molecular complexity index is 687. The lowest BCUT2D eigenvalue weighted by atomic mass is 10.1. The number of aliphatic hydroxyl groups excluding tert-OH is 1. The molecule has 2 heterocycles. The highest BCUT2D eigenvalue weighted by molar-refractivity contribution is 7.17. The Labute approximate surface area is 108 Å². The van der Waals surface area contributed by atoms with E-state index in [-0.39, 0.29) is 12.4 Å². The molecule has 0 amide bonds. The number of hydrogen-bond acceptors (Lipinski definition) is 4. The first-order valence-electron chi connectivity index (χ1n) is 5.59. The molecule has 0 saturated carbocycles. The summed E-state index contributed by atoms with van der Waals surface area (Å²) in [6, 6.07) is 7.24. The summed E-state index contributed by atoms with van der Waals surface area (Å²) in [4.78, 5) is 6.28. The lowest BCUT2D eigenvalue weighted by Gasteiger charge is -1.98. The van der Waals surface area contributed by atoms with Crippen molar-refractivity contribution < 1.29 is 10.2 Å². The minimum Gasteiger partial charge on any atom is -0.508 e. The first-order chi connectivity index (χ1) is 8.76. The SMILES string of the molecule is OCc1cnc2sc(Cc3cccc(O)c3)cn12. The van der Waals surface area contributed by atoms with E-state index in [4.69, 9.17) is 0 Å². The van der Waals surface area contributed by atoms with Crippen molar-refractivity contribution in [1.82, 2.24) is 9.38 Å². The summed E-state index contributed by atoms with van der Waals surface area (Å²) < 4.78 is 1.91. The van der Waals surface area contributed by atoms with Crippen molar-refractivity contribution in [1.29, 1.82) is 0 Å². The van der Waals surface area contributed by atoms with E-state index in [1.807, 2.05) is 22.7 Å². The minimum absolute atomic E-state index is 0.0105. The lowest BCUT2D eigenvalue weighted by Crippen LogP contribution is -1.89. The molecular weight excluding hydrogens is 248 g/mol. The second kappa shape index (κ2) is 4.44. The maximum Gasteiger partial charge on any atom is 0.194 e. The van der Waals surface area contributed by atoms with Crippen LogP contribution in [0.25, 0.3) is 4.96 Å². The van der Waals surface area contributed by atoms with Gasteiger partial charge < -0.3 is 10.2 Å². The van der Waals surface area contributed by atoms with Crippen LogP contribution < -0.4 is 0 Å². The van der Waals surface area contributed by atoms with Gasteiger partial charge in [0.1, 0.15) is 5.75 Å². The van der Waals surface area contributed by atoms with Crippen molar-refractivity contribution in [2.75, 3.05) is 0 Å². The van der Waals surface area contributed by atoms with Crippen LogP contribution in [0.4, 0.5) is 0 Å². The van der Waals surface area contributed by atoms with Crippen molar-refractivity contribution in [2.24, 2.45) is 0 Å². The predicted octanol–water partition coefficient (Wildman–Crippen LogP) is 2.18. The number of nitrogens with zero attached hydrogens (tertiary/aromatic N) is 2. The van der Waals surface area contributed by atoms with Gasteiger partial charge in [0.2, 0.25) is 0 Å². The van der Waals surface area contributed by atoms with Gasteiger partial charge in [-0.1, -0.05) is 12.1 Å². The van der Waals surface area contributed by atoms with Gasteiger partial charge >= 0.3 is 0 Å². The van der Waals surface area contributed by atoms with Gasteiger partial charge in [-0.15, -0.1) is 11.3 Å². The number of aliphatic hydroxyl groups is 1. The first kappa shape index (κ1) is 11.3. The van der Waals surface area contributed by atoms with Crippen LogP contribution in [0.2, 0.25) is 0 Å². The molecule has 3 rings (SSSR count). The molecule has 3 aromatic rings. The number of fused-ring (bicyclic) bond motifs is 1. The van der Waals surface area contributed by atoms with E-state index in [1.54, 1.807) is 29.7 Å². The van der Waals surface area contributed by atoms with Crippen molar-refractivity contribution in [3.63, 3.8) is 0 Å². The maximum absolute atomic E-state index is 9.43. The lowest BCUT2D eigenvalue weighted by molar-refractivity contribution is 0.276. The number of aromatic hydroxyl groups is 1. The molecule has 0 fully saturated rings. The van der Waals surface area contributed by atoms with Crippen LogP contribution in [0.3, 0.4) is 0 Å². The number of thiazole rings is 1. The Morgan fingerprint density at radius 2 is 2.22 bits per heavy atom. The largest absolute Gasteiger partial charge is 0.508 e. The van der Waals surface area contributed by atoms with Crippen LogP contribution in [-0.2, 0) is 13.0 Å². The van der Waals surface area contributed by atoms with Crippen molar-refractivity contribution in [2.45, 2.75) is 13.0 Å². The second-order valence-corrected chi connectivity index (χ2v) is 5.20. The highest BCUT2D eigenvalue weighted by Gasteiger charge is 2.08. The molecule has 0 atom stereocenters. The fourth-order valence-electron chi connectivity index (χ4n) is 1.94. The quantitative estimate of drug-likeness (QED) is 0.759. The number of imidazole rings is 1. The fourth-order valence-corrected chi connectivity index (χ4v) is 2.95. The molecule has 1 aromatic carbocycles. The third-order valence-electron chi connectivity index (χ3n) is 2.79. The molecule has 0 spiro atoms. The molecule has 92 valence electrons. The van der Waals surface area contributed by atoms with Gasteiger partial charge in [0.05, 0.1) is 18.5 Å². The highest BCUT2D eigenvalue weighted by atomic mass is 32.1. The zero-order chi connectivity index (χ0) is 12.5. The molecule has 0 aliphatic heterocycles. The second-order valence-electron chi connectivity index (χ2n) is 4.10. The molecule has 0 saturated heterocycles. The van der Waals surface area contributed by atoms with E-state index >= 15 is 0 Å². The van der Waals surface area contributed by atoms with Crippen molar-refractivity contribution in [3.8, 4) is 5.75 Å². The normalized spacial score (nSPS) is 11.2. The van der Waals surface area contributed by atoms with Gasteiger partial charge in [-0.25, -0.2) is 4.98 Å². The number of phenols is 1. The summed E-state index contributed by atoms with van der Waals surface area (Å²) in [5.41, 5.74) is 1.86. The minimum atomic E-state index is -0.0105. The Morgan fingerprint density at radius 3 is 3.00 bits per heavy atom. The van der Waals surface area contributed by atoms with Crippen LogP contribution in [-0.4, -0.2) is 19.6 Å². The highest BCUT2D eigenvalue weighted by Crippen LogP contribution is 2.23. The van der Waals surface area contributed by atoms with E-state index < -0.39 is 0 Å². The van der Waals surface area contributed by atoms with Gasteiger partial charge in [0, 0.05) is 17.5 Å². The number of aromatic nitrogens is 2. The number of rotatable bonds is 3. The Morgan fingerprint density at radius 1 is 1.33 bits per heavy atom. The molecule has 0 unspecified atom stereocenters. The molecule has 2 aromatic heterocycles. The topological polar surface area (TPSA) is 57.8 Å². The van der Waals surface area contributed by atoms with Gasteiger partial charge in [-0.05, 0) is 17.7 Å². The van der Waals surface area contributed by atoms with Gasteiger partial charge in [-0.3, -0.25) is 4.40 Å². The standard InChI is InChI=1S/C13H12N2O2S/c16-8-10-6-14-13-15(10)7-12(18-13)5-9-2-1-3-11(17)4-9/h1-4,6-7,16-17H,5,8H2. The number of benzene rings is 1. The molecule has 0 radical (unpaired) electrons. The number of phenolic OH excluding ortho intramolecular Hbond substituents is 1. The van der Waals surface area contributed by atoms with Gasteiger partial charge in [-0.2, -0.15) is 0 Å². The molecule has 0 aliphatic rings. The summed E-state index contributed by atoms with van der Waals surface area (Å²) in [5.74, 6) is 0.282. The zero-order valence-electron chi connectivity index (χ0n) is 9.58. The summed E-state index contributed by atoms with van der Waals surface area (Å²) in [6.45, 7) is -0.0105. The van der Waals surface area contributed by atoms with Crippen LogP contribution in [0.5, 0.6) is 5.75 Å². The van der Waals surface area contributed by atoms with Gasteiger partial charge in [0.15, 0.2) is 4.96 Å². The molecule has 0 bridgehead atoms. The van der Waals surface area contributed by atoms with Crippen LogP contribution >= 0.6 is 11.3 Å². The Balaban J connectivity index is 1.93. The Kier molecular flexibility index (Phi) is 2.77. The summed E-state index contributed by atoms with van der Waals surface area (Å²) in [7, 11) is 0. The van der Waals surface area contributed by atoms with E-state index in [0.717, 1.165) is 27.5 Å². The average molecular weight is 260 g/mol. The fraction of sp³-hybridized carbons (Fsp3) is 0.154. The molecular formula is C13H12N2O2S. The molecule has 5 heteroatoms. The molecule has 18 heavy (non-hydrogen) atoms. The van der Waals surface area contributed by atoms with Gasteiger partial charge in [0.25, 0.3) is 0 Å². The van der Waals surface area contributed by atoms with E-state index in [9.17, 15) is 10.2 Å².